The van der Waals surface area contributed by atoms with E-state index in [-0.39, 0.29) is 10.8 Å². The highest BCUT2D eigenvalue weighted by atomic mass is 14.2. The molecule has 0 N–H and O–H groups in total. The third-order valence-electron chi connectivity index (χ3n) is 3.95. The molecule has 0 radical (unpaired) electrons. The molecule has 3 rings (SSSR count). The van der Waals surface area contributed by atoms with Crippen LogP contribution in [0.25, 0.3) is 22.9 Å². The molecular formula is C20H22. The van der Waals surface area contributed by atoms with Crippen molar-refractivity contribution >= 4 is 22.9 Å². The van der Waals surface area contributed by atoms with Crippen LogP contribution in [0.4, 0.5) is 0 Å². The molecule has 0 heteroatoms. The van der Waals surface area contributed by atoms with E-state index in [9.17, 15) is 0 Å². The molecule has 0 nitrogen and oxygen atoms in total. The fraction of sp³-hybridized carbons (Fsp3) is 0.300. The van der Waals surface area contributed by atoms with Gasteiger partial charge in [-0.1, -0.05) is 76.3 Å². The maximum Gasteiger partial charge on any atom is 0.00139 e. The Kier molecular flexibility index (Phi) is 2.86. The van der Waals surface area contributed by atoms with Crippen LogP contribution in [-0.4, -0.2) is 0 Å². The molecule has 20 heavy (non-hydrogen) atoms. The average Bonchev–Trinajstić information content (AvgIpc) is 2.36. The number of fused-ring (bicyclic) bond motifs is 2. The van der Waals surface area contributed by atoms with Gasteiger partial charge in [-0.25, -0.2) is 0 Å². The van der Waals surface area contributed by atoms with E-state index in [4.69, 9.17) is 0 Å². The first-order valence-electron chi connectivity index (χ1n) is 7.30. The summed E-state index contributed by atoms with van der Waals surface area (Å²) in [6.07, 6.45) is 9.39. The van der Waals surface area contributed by atoms with Crippen molar-refractivity contribution in [3.8, 4) is 0 Å². The van der Waals surface area contributed by atoms with Gasteiger partial charge in [-0.3, -0.25) is 0 Å². The van der Waals surface area contributed by atoms with Gasteiger partial charge in [0.2, 0.25) is 0 Å². The first-order chi connectivity index (χ1) is 9.35. The number of hydrogen-bond acceptors (Lipinski definition) is 0. The van der Waals surface area contributed by atoms with Crippen molar-refractivity contribution in [2.45, 2.75) is 27.7 Å². The van der Waals surface area contributed by atoms with E-state index in [1.807, 2.05) is 0 Å². The Bertz CT molecular complexity index is 733. The summed E-state index contributed by atoms with van der Waals surface area (Å²) in [5, 5.41) is 5.31. The van der Waals surface area contributed by atoms with E-state index in [0.717, 1.165) is 0 Å². The summed E-state index contributed by atoms with van der Waals surface area (Å²) >= 11 is 0. The predicted molar refractivity (Wildman–Crippen MR) is 88.8 cm³/mol. The Hall–Kier alpha value is -1.82. The molecule has 0 amide bonds. The van der Waals surface area contributed by atoms with Crippen LogP contribution in [0.5, 0.6) is 0 Å². The first-order valence-corrected chi connectivity index (χ1v) is 7.30. The van der Waals surface area contributed by atoms with E-state index >= 15 is 0 Å². The van der Waals surface area contributed by atoms with Crippen molar-refractivity contribution < 1.29 is 0 Å². The fourth-order valence-corrected chi connectivity index (χ4v) is 2.85. The van der Waals surface area contributed by atoms with E-state index in [2.05, 4.69) is 88.4 Å². The highest BCUT2D eigenvalue weighted by Gasteiger charge is 2.17. The Morgan fingerprint density at radius 2 is 1.05 bits per heavy atom. The molecule has 0 bridgehead atoms. The molecule has 0 aliphatic heterocycles. The highest BCUT2D eigenvalue weighted by Crippen LogP contribution is 2.27. The van der Waals surface area contributed by atoms with Gasteiger partial charge in [0, 0.05) is 10.8 Å². The van der Waals surface area contributed by atoms with Crippen LogP contribution in [0, 0.1) is 10.8 Å². The fourth-order valence-electron chi connectivity index (χ4n) is 2.85. The van der Waals surface area contributed by atoms with Crippen LogP contribution in [0.1, 0.15) is 27.7 Å². The van der Waals surface area contributed by atoms with Crippen LogP contribution >= 0.6 is 0 Å². The van der Waals surface area contributed by atoms with Gasteiger partial charge in [-0.2, -0.15) is 0 Å². The van der Waals surface area contributed by atoms with Crippen LogP contribution in [0.15, 0.2) is 48.6 Å². The average molecular weight is 262 g/mol. The molecule has 102 valence electrons. The topological polar surface area (TPSA) is 0 Å². The summed E-state index contributed by atoms with van der Waals surface area (Å²) < 4.78 is 0. The van der Waals surface area contributed by atoms with Crippen molar-refractivity contribution in [2.24, 2.45) is 10.8 Å². The summed E-state index contributed by atoms with van der Waals surface area (Å²) in [6.45, 7) is 9.07. The molecule has 0 heterocycles. The molecule has 1 aliphatic carbocycles. The minimum absolute atomic E-state index is 0.0860. The zero-order chi connectivity index (χ0) is 14.4. The lowest BCUT2D eigenvalue weighted by atomic mass is 9.82. The van der Waals surface area contributed by atoms with E-state index in [0.29, 0.717) is 0 Å². The maximum atomic E-state index is 2.37. The lowest BCUT2D eigenvalue weighted by Gasteiger charge is -2.22. The molecule has 2 aromatic carbocycles. The minimum Gasteiger partial charge on any atom is -0.0782 e. The first kappa shape index (κ1) is 13.2. The second-order valence-corrected chi connectivity index (χ2v) is 7.09. The molecule has 0 aromatic heterocycles. The molecule has 0 spiro atoms. The van der Waals surface area contributed by atoms with E-state index in [1.165, 1.54) is 21.2 Å². The summed E-state index contributed by atoms with van der Waals surface area (Å²) in [4.78, 5) is 0. The number of rotatable bonds is 0. The van der Waals surface area contributed by atoms with Gasteiger partial charge in [-0.05, 0) is 33.3 Å². The molecule has 2 aromatic rings. The summed E-state index contributed by atoms with van der Waals surface area (Å²) in [5.41, 5.74) is 0.172. The van der Waals surface area contributed by atoms with Gasteiger partial charge in [0.15, 0.2) is 0 Å². The van der Waals surface area contributed by atoms with Crippen LogP contribution < -0.4 is 10.4 Å². The van der Waals surface area contributed by atoms with Gasteiger partial charge >= 0.3 is 0 Å². The maximum absolute atomic E-state index is 2.37. The predicted octanol–water partition coefficient (Wildman–Crippen LogP) is 4.02. The second-order valence-electron chi connectivity index (χ2n) is 7.09. The molecule has 0 saturated heterocycles. The van der Waals surface area contributed by atoms with Crippen molar-refractivity contribution in [3.05, 3.63) is 59.0 Å². The molecular weight excluding hydrogens is 240 g/mol. The van der Waals surface area contributed by atoms with Crippen LogP contribution in [-0.2, 0) is 0 Å². The normalized spacial score (nSPS) is 24.4. The molecule has 0 fully saturated rings. The number of allylic oxidation sites excluding steroid dienone is 2. The van der Waals surface area contributed by atoms with Crippen molar-refractivity contribution in [2.75, 3.05) is 0 Å². The second kappa shape index (κ2) is 4.34. The SMILES string of the molecule is CC1(C)/C=C\C(C)(C)/C=c2/cc3ccccc3c/c2=C/1. The largest absolute Gasteiger partial charge is 0.0782 e. The Morgan fingerprint density at radius 1 is 0.650 bits per heavy atom. The summed E-state index contributed by atoms with van der Waals surface area (Å²) in [7, 11) is 0. The van der Waals surface area contributed by atoms with Crippen molar-refractivity contribution in [3.63, 3.8) is 0 Å². The molecule has 0 atom stereocenters. The molecule has 1 aliphatic rings. The Morgan fingerprint density at radius 3 is 1.45 bits per heavy atom. The lowest BCUT2D eigenvalue weighted by Crippen LogP contribution is -2.30. The lowest BCUT2D eigenvalue weighted by molar-refractivity contribution is 0.618. The monoisotopic (exact) mass is 262 g/mol. The van der Waals surface area contributed by atoms with Gasteiger partial charge in [0.05, 0.1) is 0 Å². The Balaban J connectivity index is 2.45. The third kappa shape index (κ3) is 2.56. The number of benzene rings is 2. The number of hydrogen-bond donors (Lipinski definition) is 0. The van der Waals surface area contributed by atoms with Gasteiger partial charge < -0.3 is 0 Å². The summed E-state index contributed by atoms with van der Waals surface area (Å²) in [6, 6.07) is 13.2. The van der Waals surface area contributed by atoms with Gasteiger partial charge in [0.1, 0.15) is 0 Å². The standard InChI is InChI=1S/C20H22/c1-19(2)9-10-20(3,4)14-18-12-16-8-6-5-7-15(16)11-17(18)13-19/h5-14H,1-4H3/b10-9-,17-13-,18-14-. The summed E-state index contributed by atoms with van der Waals surface area (Å²) in [5.74, 6) is 0. The van der Waals surface area contributed by atoms with Gasteiger partial charge in [-0.15, -0.1) is 0 Å². The molecule has 0 saturated carbocycles. The molecule has 0 unspecified atom stereocenters. The Labute approximate surface area is 121 Å². The van der Waals surface area contributed by atoms with Crippen molar-refractivity contribution in [1.29, 1.82) is 0 Å². The smallest absolute Gasteiger partial charge is 0.00139 e. The highest BCUT2D eigenvalue weighted by molar-refractivity contribution is 5.83. The minimum atomic E-state index is 0.0860. The van der Waals surface area contributed by atoms with Gasteiger partial charge in [0.25, 0.3) is 0 Å². The van der Waals surface area contributed by atoms with Crippen LogP contribution in [0.3, 0.4) is 0 Å². The van der Waals surface area contributed by atoms with Crippen molar-refractivity contribution in [1.82, 2.24) is 0 Å². The van der Waals surface area contributed by atoms with E-state index < -0.39 is 0 Å². The third-order valence-corrected chi connectivity index (χ3v) is 3.95. The quantitative estimate of drug-likeness (QED) is 0.629. The zero-order valence-corrected chi connectivity index (χ0v) is 12.8. The zero-order valence-electron chi connectivity index (χ0n) is 12.8. The van der Waals surface area contributed by atoms with E-state index in [1.54, 1.807) is 0 Å². The van der Waals surface area contributed by atoms with Crippen LogP contribution in [0.2, 0.25) is 0 Å².